The molecule has 1 amide bonds. The van der Waals surface area contributed by atoms with Gasteiger partial charge in [0.15, 0.2) is 0 Å². The Morgan fingerprint density at radius 1 is 0.974 bits per heavy atom. The van der Waals surface area contributed by atoms with E-state index in [0.29, 0.717) is 50.1 Å². The molecule has 0 heterocycles. The molecule has 0 unspecified atom stereocenters. The minimum Gasteiger partial charge on any atom is -0.395 e. The van der Waals surface area contributed by atoms with Crippen LogP contribution in [0.15, 0.2) is 66.7 Å². The average molecular weight is 636 g/mol. The van der Waals surface area contributed by atoms with E-state index in [0.717, 1.165) is 28.2 Å². The lowest BCUT2D eigenvalue weighted by Crippen LogP contribution is -2.38. The van der Waals surface area contributed by atoms with Gasteiger partial charge in [0, 0.05) is 40.9 Å². The van der Waals surface area contributed by atoms with Gasteiger partial charge >= 0.3 is 0 Å². The predicted octanol–water partition coefficient (Wildman–Crippen LogP) is 5.29. The summed E-state index contributed by atoms with van der Waals surface area (Å²) in [5.41, 5.74) is 3.19. The van der Waals surface area contributed by atoms with Gasteiger partial charge in [0.2, 0.25) is 0 Å². The van der Waals surface area contributed by atoms with E-state index in [9.17, 15) is 18.7 Å². The molecule has 0 spiro atoms. The maximum absolute atomic E-state index is 13.8. The summed E-state index contributed by atoms with van der Waals surface area (Å²) in [6, 6.07) is 18.8. The molecular weight excluding hydrogens is 599 g/mol. The lowest BCUT2D eigenvalue weighted by atomic mass is 10.0. The molecule has 5 nitrogen and oxygen atoms in total. The van der Waals surface area contributed by atoms with Crippen LogP contribution in [0, 0.1) is 15.2 Å². The Morgan fingerprint density at radius 2 is 1.71 bits per heavy atom. The van der Waals surface area contributed by atoms with E-state index in [1.165, 1.54) is 17.7 Å². The fourth-order valence-electron chi connectivity index (χ4n) is 4.46. The van der Waals surface area contributed by atoms with E-state index >= 15 is 0 Å². The van der Waals surface area contributed by atoms with Gasteiger partial charge in [-0.05, 0) is 108 Å². The van der Waals surface area contributed by atoms with E-state index in [-0.39, 0.29) is 18.6 Å². The summed E-state index contributed by atoms with van der Waals surface area (Å²) in [4.78, 5) is 15.4. The predicted molar refractivity (Wildman–Crippen MR) is 156 cm³/mol. The molecule has 0 saturated heterocycles. The third kappa shape index (κ3) is 10.4. The van der Waals surface area contributed by atoms with Crippen molar-refractivity contribution in [3.8, 4) is 0 Å². The van der Waals surface area contributed by atoms with Crippen LogP contribution in [-0.2, 0) is 19.5 Å². The zero-order valence-electron chi connectivity index (χ0n) is 21.7. The van der Waals surface area contributed by atoms with Crippen LogP contribution < -0.4 is 10.6 Å². The number of hydrogen-bond acceptors (Lipinski definition) is 4. The molecule has 0 aliphatic rings. The summed E-state index contributed by atoms with van der Waals surface area (Å²) >= 11 is 2.28. The largest absolute Gasteiger partial charge is 0.395 e. The van der Waals surface area contributed by atoms with Gasteiger partial charge in [-0.25, -0.2) is 8.78 Å². The number of amides is 1. The Bertz CT molecular complexity index is 1150. The van der Waals surface area contributed by atoms with Gasteiger partial charge in [-0.2, -0.15) is 0 Å². The highest BCUT2D eigenvalue weighted by molar-refractivity contribution is 14.1. The molecular formula is C30H36F2IN3O2. The molecule has 0 aliphatic carbocycles. The number of carbonyl (C=O) groups excluding carboxylic acids is 1. The van der Waals surface area contributed by atoms with Crippen LogP contribution in [0.3, 0.4) is 0 Å². The first kappa shape index (κ1) is 30.1. The first-order valence-corrected chi connectivity index (χ1v) is 14.1. The lowest BCUT2D eigenvalue weighted by Gasteiger charge is -2.22. The Labute approximate surface area is 237 Å². The summed E-state index contributed by atoms with van der Waals surface area (Å²) in [5, 5.41) is 15.8. The second kappa shape index (κ2) is 15.9. The maximum atomic E-state index is 13.8. The highest BCUT2D eigenvalue weighted by Gasteiger charge is 2.16. The standard InChI is InChI=1S/C30H36F2IN3O2/c1-2-11-36(12-13-37)21-23-6-3-7-25(14-23)30(38)35-29(18-24-15-26(31)19-27(32)16-24)9-10-34-20-22-5-4-8-28(33)17-22/h3-8,14-17,19,29,34,37H,2,9-13,18,20-21H2,1H3,(H,35,38)/t29-/m1/s1. The minimum atomic E-state index is -0.630. The number of hydrogen-bond donors (Lipinski definition) is 3. The molecule has 204 valence electrons. The van der Waals surface area contributed by atoms with Crippen molar-refractivity contribution >= 4 is 28.5 Å². The number of carbonyl (C=O) groups is 1. The van der Waals surface area contributed by atoms with Gasteiger partial charge in [-0.15, -0.1) is 0 Å². The van der Waals surface area contributed by atoms with Crippen LogP contribution in [0.1, 0.15) is 46.8 Å². The zero-order chi connectivity index (χ0) is 27.3. The zero-order valence-corrected chi connectivity index (χ0v) is 23.9. The summed E-state index contributed by atoms with van der Waals surface area (Å²) in [6.07, 6.45) is 1.88. The van der Waals surface area contributed by atoms with Crippen molar-refractivity contribution in [2.24, 2.45) is 0 Å². The number of halogens is 3. The van der Waals surface area contributed by atoms with Crippen molar-refractivity contribution in [3.63, 3.8) is 0 Å². The van der Waals surface area contributed by atoms with Gasteiger partial charge in [-0.1, -0.05) is 31.2 Å². The number of nitrogens with zero attached hydrogens (tertiary/aromatic N) is 1. The molecule has 0 aliphatic heterocycles. The fraction of sp³-hybridized carbons (Fsp3) is 0.367. The molecule has 0 fully saturated rings. The van der Waals surface area contributed by atoms with Gasteiger partial charge in [0.25, 0.3) is 5.91 Å². The SMILES string of the molecule is CCCN(CCO)Cc1cccc(C(=O)N[C@H](CCNCc2cccc(I)c2)Cc2cc(F)cc(F)c2)c1. The second-order valence-electron chi connectivity index (χ2n) is 9.45. The van der Waals surface area contributed by atoms with Gasteiger partial charge < -0.3 is 15.7 Å². The molecule has 0 bridgehead atoms. The smallest absolute Gasteiger partial charge is 0.251 e. The fourth-order valence-corrected chi connectivity index (χ4v) is 5.07. The highest BCUT2D eigenvalue weighted by Crippen LogP contribution is 2.14. The first-order chi connectivity index (χ1) is 18.4. The van der Waals surface area contributed by atoms with E-state index in [4.69, 9.17) is 0 Å². The molecule has 3 aromatic carbocycles. The van der Waals surface area contributed by atoms with Crippen molar-refractivity contribution < 1.29 is 18.7 Å². The van der Waals surface area contributed by atoms with Crippen LogP contribution in [0.5, 0.6) is 0 Å². The monoisotopic (exact) mass is 635 g/mol. The molecule has 3 N–H and O–H groups in total. The minimum absolute atomic E-state index is 0.0834. The van der Waals surface area contributed by atoms with Crippen LogP contribution >= 0.6 is 22.6 Å². The second-order valence-corrected chi connectivity index (χ2v) is 10.7. The Balaban J connectivity index is 1.67. The number of aliphatic hydroxyl groups is 1. The van der Waals surface area contributed by atoms with E-state index < -0.39 is 11.6 Å². The van der Waals surface area contributed by atoms with Gasteiger partial charge in [0.1, 0.15) is 11.6 Å². The number of rotatable bonds is 15. The van der Waals surface area contributed by atoms with E-state index in [1.807, 2.05) is 30.3 Å². The Hall–Kier alpha value is -2.40. The Morgan fingerprint density at radius 3 is 2.42 bits per heavy atom. The number of benzene rings is 3. The van der Waals surface area contributed by atoms with Crippen LogP contribution in [-0.4, -0.2) is 48.2 Å². The van der Waals surface area contributed by atoms with E-state index in [1.54, 1.807) is 6.07 Å². The topological polar surface area (TPSA) is 64.6 Å². The Kier molecular flexibility index (Phi) is 12.6. The average Bonchev–Trinajstić information content (AvgIpc) is 2.86. The van der Waals surface area contributed by atoms with Crippen molar-refractivity contribution in [1.29, 1.82) is 0 Å². The van der Waals surface area contributed by atoms with Crippen LogP contribution in [0.2, 0.25) is 0 Å². The van der Waals surface area contributed by atoms with Crippen molar-refractivity contribution in [2.75, 3.05) is 26.2 Å². The number of aliphatic hydroxyl groups excluding tert-OH is 1. The first-order valence-electron chi connectivity index (χ1n) is 13.0. The van der Waals surface area contributed by atoms with Crippen LogP contribution in [0.4, 0.5) is 8.78 Å². The van der Waals surface area contributed by atoms with E-state index in [2.05, 4.69) is 57.2 Å². The molecule has 8 heteroatoms. The summed E-state index contributed by atoms with van der Waals surface area (Å²) in [5.74, 6) is -1.49. The van der Waals surface area contributed by atoms with Crippen molar-refractivity contribution in [3.05, 3.63) is 104 Å². The lowest BCUT2D eigenvalue weighted by molar-refractivity contribution is 0.0934. The quantitative estimate of drug-likeness (QED) is 0.157. The molecule has 3 aromatic rings. The summed E-state index contributed by atoms with van der Waals surface area (Å²) in [6.45, 7) is 5.57. The summed E-state index contributed by atoms with van der Waals surface area (Å²) < 4.78 is 28.8. The van der Waals surface area contributed by atoms with Crippen molar-refractivity contribution in [1.82, 2.24) is 15.5 Å². The third-order valence-corrected chi connectivity index (χ3v) is 6.85. The number of nitrogens with one attached hydrogen (secondary N) is 2. The molecule has 0 aromatic heterocycles. The summed E-state index contributed by atoms with van der Waals surface area (Å²) in [7, 11) is 0. The van der Waals surface area contributed by atoms with Crippen LogP contribution in [0.25, 0.3) is 0 Å². The molecule has 38 heavy (non-hydrogen) atoms. The van der Waals surface area contributed by atoms with Gasteiger partial charge in [0.05, 0.1) is 6.61 Å². The molecule has 3 rings (SSSR count). The normalized spacial score (nSPS) is 12.1. The highest BCUT2D eigenvalue weighted by atomic mass is 127. The third-order valence-electron chi connectivity index (χ3n) is 6.18. The molecule has 0 saturated carbocycles. The molecule has 1 atom stereocenters. The molecule has 0 radical (unpaired) electrons. The van der Waals surface area contributed by atoms with Gasteiger partial charge in [-0.3, -0.25) is 9.69 Å². The van der Waals surface area contributed by atoms with Crippen molar-refractivity contribution in [2.45, 2.75) is 45.3 Å². The maximum Gasteiger partial charge on any atom is 0.251 e.